The van der Waals surface area contributed by atoms with Gasteiger partial charge in [0.2, 0.25) is 0 Å². The van der Waals surface area contributed by atoms with Gasteiger partial charge in [-0.15, -0.1) is 0 Å². The van der Waals surface area contributed by atoms with Gasteiger partial charge in [-0.25, -0.2) is 4.52 Å². The lowest BCUT2D eigenvalue weighted by molar-refractivity contribution is 0.0653. The highest BCUT2D eigenvalue weighted by molar-refractivity contribution is 9.10. The van der Waals surface area contributed by atoms with E-state index in [4.69, 9.17) is 0 Å². The molecule has 3 aromatic rings. The number of hydrogen-bond acceptors (Lipinski definition) is 2. The Bertz CT molecular complexity index is 933. The molecule has 5 heteroatoms. The third kappa shape index (κ3) is 2.44. The van der Waals surface area contributed by atoms with Crippen LogP contribution in [-0.4, -0.2) is 27.0 Å². The average molecular weight is 384 g/mol. The van der Waals surface area contributed by atoms with E-state index >= 15 is 0 Å². The molecule has 4 rings (SSSR count). The van der Waals surface area contributed by atoms with Crippen LogP contribution in [0.3, 0.4) is 0 Å². The highest BCUT2D eigenvalue weighted by atomic mass is 79.9. The first kappa shape index (κ1) is 15.4. The van der Waals surface area contributed by atoms with Crippen molar-refractivity contribution in [1.29, 1.82) is 0 Å². The van der Waals surface area contributed by atoms with Crippen molar-refractivity contribution in [2.75, 3.05) is 6.54 Å². The smallest absolute Gasteiger partial charge is 0.274 e. The fourth-order valence-corrected chi connectivity index (χ4v) is 3.86. The van der Waals surface area contributed by atoms with Crippen molar-refractivity contribution in [3.8, 4) is 0 Å². The van der Waals surface area contributed by atoms with Gasteiger partial charge in [0.15, 0.2) is 5.69 Å². The summed E-state index contributed by atoms with van der Waals surface area (Å²) in [4.78, 5) is 15.0. The zero-order valence-electron chi connectivity index (χ0n) is 13.6. The summed E-state index contributed by atoms with van der Waals surface area (Å²) in [6, 6.07) is 14.2. The van der Waals surface area contributed by atoms with Gasteiger partial charge < -0.3 is 4.90 Å². The summed E-state index contributed by atoms with van der Waals surface area (Å²) in [5, 5.41) is 4.46. The first-order valence-corrected chi connectivity index (χ1v) is 8.88. The van der Waals surface area contributed by atoms with E-state index in [1.54, 1.807) is 4.52 Å². The number of carbonyl (C=O) groups is 1. The first-order chi connectivity index (χ1) is 11.5. The van der Waals surface area contributed by atoms with Gasteiger partial charge in [-0.2, -0.15) is 5.10 Å². The van der Waals surface area contributed by atoms with Gasteiger partial charge in [0, 0.05) is 17.2 Å². The molecule has 2 atom stereocenters. The van der Waals surface area contributed by atoms with Gasteiger partial charge in [0.1, 0.15) is 0 Å². The van der Waals surface area contributed by atoms with Crippen LogP contribution >= 0.6 is 15.9 Å². The number of benzene rings is 1. The van der Waals surface area contributed by atoms with Gasteiger partial charge in [-0.1, -0.05) is 31.2 Å². The summed E-state index contributed by atoms with van der Waals surface area (Å²) in [5.74, 6) is 0.316. The monoisotopic (exact) mass is 383 g/mol. The fraction of sp³-hybridized carbons (Fsp3) is 0.263. The summed E-state index contributed by atoms with van der Waals surface area (Å²) in [6.45, 7) is 4.98. The Morgan fingerprint density at radius 2 is 1.92 bits per heavy atom. The minimum atomic E-state index is -0.0105. The number of fused-ring (bicyclic) bond motifs is 2. The third-order valence-corrected chi connectivity index (χ3v) is 5.29. The molecule has 24 heavy (non-hydrogen) atoms. The molecule has 0 aliphatic carbocycles. The van der Waals surface area contributed by atoms with Crippen LogP contribution in [0.2, 0.25) is 0 Å². The number of aromatic nitrogens is 2. The molecule has 0 spiro atoms. The van der Waals surface area contributed by atoms with Gasteiger partial charge in [0.05, 0.1) is 11.6 Å². The second-order valence-electron chi connectivity index (χ2n) is 6.41. The van der Waals surface area contributed by atoms with Gasteiger partial charge in [0.25, 0.3) is 5.91 Å². The maximum Gasteiger partial charge on any atom is 0.274 e. The molecular weight excluding hydrogens is 366 g/mol. The third-order valence-electron chi connectivity index (χ3n) is 4.82. The first-order valence-electron chi connectivity index (χ1n) is 8.09. The van der Waals surface area contributed by atoms with E-state index in [0.29, 0.717) is 18.2 Å². The molecule has 0 unspecified atom stereocenters. The molecule has 1 aliphatic rings. The lowest BCUT2D eigenvalue weighted by Crippen LogP contribution is -2.40. The summed E-state index contributed by atoms with van der Waals surface area (Å²) in [5.41, 5.74) is 3.98. The number of pyridine rings is 1. The van der Waals surface area contributed by atoms with Gasteiger partial charge in [-0.05, 0) is 58.1 Å². The highest BCUT2D eigenvalue weighted by Gasteiger charge is 2.32. The van der Waals surface area contributed by atoms with Crippen LogP contribution < -0.4 is 0 Å². The number of nitrogens with zero attached hydrogens (tertiary/aromatic N) is 3. The maximum absolute atomic E-state index is 13.1. The molecule has 4 nitrogen and oxygen atoms in total. The molecule has 0 radical (unpaired) electrons. The lowest BCUT2D eigenvalue weighted by atomic mass is 9.86. The summed E-state index contributed by atoms with van der Waals surface area (Å²) in [6.07, 6.45) is 1.86. The highest BCUT2D eigenvalue weighted by Crippen LogP contribution is 2.36. The minimum Gasteiger partial charge on any atom is -0.330 e. The normalized spacial score (nSPS) is 20.2. The van der Waals surface area contributed by atoms with Gasteiger partial charge >= 0.3 is 0 Å². The Morgan fingerprint density at radius 1 is 1.17 bits per heavy atom. The second kappa shape index (κ2) is 5.74. The molecule has 2 aromatic heterocycles. The van der Waals surface area contributed by atoms with E-state index in [0.717, 1.165) is 9.99 Å². The second-order valence-corrected chi connectivity index (χ2v) is 7.33. The predicted octanol–water partition coefficient (Wildman–Crippen LogP) is 4.42. The predicted molar refractivity (Wildman–Crippen MR) is 97.2 cm³/mol. The molecule has 1 amide bonds. The van der Waals surface area contributed by atoms with Crippen LogP contribution in [0.25, 0.3) is 5.52 Å². The molecule has 0 bridgehead atoms. The van der Waals surface area contributed by atoms with Crippen LogP contribution in [0, 0.1) is 0 Å². The zero-order valence-corrected chi connectivity index (χ0v) is 15.2. The average Bonchev–Trinajstić information content (AvgIpc) is 3.00. The van der Waals surface area contributed by atoms with Crippen molar-refractivity contribution < 1.29 is 4.79 Å². The minimum absolute atomic E-state index is 0.0105. The maximum atomic E-state index is 13.1. The van der Waals surface area contributed by atoms with E-state index in [2.05, 4.69) is 53.1 Å². The van der Waals surface area contributed by atoms with Crippen LogP contribution in [0.1, 0.15) is 47.4 Å². The molecule has 0 N–H and O–H groups in total. The summed E-state index contributed by atoms with van der Waals surface area (Å²) < 4.78 is 2.68. The summed E-state index contributed by atoms with van der Waals surface area (Å²) >= 11 is 3.43. The molecule has 1 aromatic carbocycles. The number of carbonyl (C=O) groups excluding carboxylic acids is 1. The molecule has 0 saturated heterocycles. The molecule has 3 heterocycles. The van der Waals surface area contributed by atoms with Crippen molar-refractivity contribution >= 4 is 27.4 Å². The van der Waals surface area contributed by atoms with E-state index < -0.39 is 0 Å². The Morgan fingerprint density at radius 3 is 2.71 bits per heavy atom. The molecule has 0 fully saturated rings. The van der Waals surface area contributed by atoms with Crippen LogP contribution in [0.15, 0.2) is 53.1 Å². The van der Waals surface area contributed by atoms with E-state index in [9.17, 15) is 4.79 Å². The van der Waals surface area contributed by atoms with Crippen molar-refractivity contribution in [2.45, 2.75) is 25.8 Å². The Balaban J connectivity index is 1.71. The van der Waals surface area contributed by atoms with E-state index in [1.165, 1.54) is 11.1 Å². The van der Waals surface area contributed by atoms with Crippen LogP contribution in [0.5, 0.6) is 0 Å². The van der Waals surface area contributed by atoms with Crippen molar-refractivity contribution in [3.63, 3.8) is 0 Å². The van der Waals surface area contributed by atoms with E-state index in [1.807, 2.05) is 35.4 Å². The van der Waals surface area contributed by atoms with Crippen LogP contribution in [-0.2, 0) is 0 Å². The SMILES string of the molecule is C[C@H]1CN(C(=O)c2cc3ccc(Br)cn3n2)[C@@H](C)c2ccccc21. The molecule has 0 saturated carbocycles. The van der Waals surface area contributed by atoms with Crippen LogP contribution in [0.4, 0.5) is 0 Å². The zero-order chi connectivity index (χ0) is 16.8. The van der Waals surface area contributed by atoms with Crippen molar-refractivity contribution in [1.82, 2.24) is 14.5 Å². The van der Waals surface area contributed by atoms with Gasteiger partial charge in [-0.3, -0.25) is 4.79 Å². The Labute approximate surface area is 149 Å². The number of rotatable bonds is 1. The summed E-state index contributed by atoms with van der Waals surface area (Å²) in [7, 11) is 0. The van der Waals surface area contributed by atoms with Crippen molar-refractivity contribution in [2.24, 2.45) is 0 Å². The standard InChI is InChI=1S/C19H18BrN3O/c1-12-10-22(13(2)17-6-4-3-5-16(12)17)19(24)18-9-15-8-7-14(20)11-23(15)21-18/h3-9,11-13H,10H2,1-2H3/t12-,13-/m0/s1. The number of amides is 1. The Kier molecular flexibility index (Phi) is 3.68. The molecule has 122 valence electrons. The van der Waals surface area contributed by atoms with E-state index in [-0.39, 0.29) is 11.9 Å². The molecule has 1 aliphatic heterocycles. The topological polar surface area (TPSA) is 37.6 Å². The quantitative estimate of drug-likeness (QED) is 0.623. The number of halogens is 1. The molecular formula is C19H18BrN3O. The largest absolute Gasteiger partial charge is 0.330 e. The van der Waals surface area contributed by atoms with Crippen molar-refractivity contribution in [3.05, 3.63) is 70.0 Å². The fourth-order valence-electron chi connectivity index (χ4n) is 3.53. The number of hydrogen-bond donors (Lipinski definition) is 0. The lowest BCUT2D eigenvalue weighted by Gasteiger charge is -2.38. The Hall–Kier alpha value is -2.14.